The lowest BCUT2D eigenvalue weighted by atomic mass is 10.0. The van der Waals surface area contributed by atoms with Gasteiger partial charge in [0.05, 0.1) is 0 Å². The summed E-state index contributed by atoms with van der Waals surface area (Å²) in [6, 6.07) is 7.46. The number of esters is 1. The summed E-state index contributed by atoms with van der Waals surface area (Å²) in [4.78, 5) is 23.4. The van der Waals surface area contributed by atoms with E-state index < -0.39 is 5.97 Å². The summed E-state index contributed by atoms with van der Waals surface area (Å²) in [6.07, 6.45) is 0. The molecule has 0 saturated carbocycles. The van der Waals surface area contributed by atoms with E-state index in [0.717, 1.165) is 22.6 Å². The molecule has 0 saturated heterocycles. The number of ether oxygens (including phenoxy) is 1. The van der Waals surface area contributed by atoms with Crippen molar-refractivity contribution in [2.24, 2.45) is 0 Å². The van der Waals surface area contributed by atoms with Crippen molar-refractivity contribution in [2.75, 3.05) is 0 Å². The second-order valence-corrected chi connectivity index (χ2v) is 5.72. The highest BCUT2D eigenvalue weighted by molar-refractivity contribution is 7.07. The van der Waals surface area contributed by atoms with Gasteiger partial charge in [0.25, 0.3) is 0 Å². The number of carbonyl (C=O) groups excluding carboxylic acids is 1. The van der Waals surface area contributed by atoms with E-state index in [0.29, 0.717) is 5.75 Å². The molecule has 1 heterocycles. The predicted molar refractivity (Wildman–Crippen MR) is 79.5 cm³/mol. The molecule has 0 atom stereocenters. The molecule has 5 heteroatoms. The fraction of sp³-hybridized carbons (Fsp3) is 0.333. The minimum atomic E-state index is -0.429. The van der Waals surface area contributed by atoms with Crippen molar-refractivity contribution >= 4 is 17.3 Å². The average Bonchev–Trinajstić information content (AvgIpc) is 2.71. The van der Waals surface area contributed by atoms with Gasteiger partial charge in [0, 0.05) is 11.1 Å². The maximum absolute atomic E-state index is 12.0. The van der Waals surface area contributed by atoms with Crippen molar-refractivity contribution in [1.82, 2.24) is 4.57 Å². The normalized spacial score (nSPS) is 10.8. The van der Waals surface area contributed by atoms with Crippen LogP contribution in [0.15, 0.2) is 34.4 Å². The molecule has 2 aromatic rings. The highest BCUT2D eigenvalue weighted by Gasteiger charge is 2.13. The number of rotatable bonds is 4. The van der Waals surface area contributed by atoms with E-state index in [9.17, 15) is 9.59 Å². The number of benzene rings is 1. The zero-order valence-electron chi connectivity index (χ0n) is 11.8. The molecule has 0 bridgehead atoms. The first-order valence-electron chi connectivity index (χ1n) is 6.43. The molecule has 0 spiro atoms. The Kier molecular flexibility index (Phi) is 4.39. The first-order valence-corrected chi connectivity index (χ1v) is 7.31. The lowest BCUT2D eigenvalue weighted by Gasteiger charge is -2.12. The van der Waals surface area contributed by atoms with E-state index in [1.807, 2.05) is 32.0 Å². The van der Waals surface area contributed by atoms with Crippen molar-refractivity contribution < 1.29 is 9.53 Å². The van der Waals surface area contributed by atoms with Crippen LogP contribution < -0.4 is 9.61 Å². The SMILES string of the molecule is Cc1csc(=O)n1CC(=O)Oc1ccccc1C(C)C. The average molecular weight is 291 g/mol. The van der Waals surface area contributed by atoms with Gasteiger partial charge in [-0.1, -0.05) is 43.4 Å². The Hall–Kier alpha value is -1.88. The molecule has 1 aromatic carbocycles. The predicted octanol–water partition coefficient (Wildman–Crippen LogP) is 2.95. The van der Waals surface area contributed by atoms with Crippen LogP contribution >= 0.6 is 11.3 Å². The van der Waals surface area contributed by atoms with Gasteiger partial charge >= 0.3 is 10.8 Å². The monoisotopic (exact) mass is 291 g/mol. The van der Waals surface area contributed by atoms with Crippen LogP contribution in [-0.2, 0) is 11.3 Å². The van der Waals surface area contributed by atoms with Crippen molar-refractivity contribution in [3.8, 4) is 5.75 Å². The van der Waals surface area contributed by atoms with Crippen LogP contribution in [0.2, 0.25) is 0 Å². The lowest BCUT2D eigenvalue weighted by Crippen LogP contribution is -2.24. The van der Waals surface area contributed by atoms with Crippen LogP contribution in [0.25, 0.3) is 0 Å². The van der Waals surface area contributed by atoms with Gasteiger partial charge in [0.1, 0.15) is 12.3 Å². The third-order valence-electron chi connectivity index (χ3n) is 3.03. The van der Waals surface area contributed by atoms with Crippen LogP contribution in [0, 0.1) is 6.92 Å². The highest BCUT2D eigenvalue weighted by atomic mass is 32.1. The summed E-state index contributed by atoms with van der Waals surface area (Å²) in [7, 11) is 0. The Morgan fingerprint density at radius 3 is 2.65 bits per heavy atom. The Labute approximate surface area is 121 Å². The van der Waals surface area contributed by atoms with Gasteiger partial charge < -0.3 is 4.74 Å². The van der Waals surface area contributed by atoms with Crippen LogP contribution in [0.3, 0.4) is 0 Å². The number of thiazole rings is 1. The van der Waals surface area contributed by atoms with E-state index in [4.69, 9.17) is 4.74 Å². The maximum atomic E-state index is 12.0. The molecule has 0 N–H and O–H groups in total. The minimum absolute atomic E-state index is 0.0550. The van der Waals surface area contributed by atoms with Gasteiger partial charge in [-0.25, -0.2) is 4.79 Å². The molecule has 2 rings (SSSR count). The molecule has 20 heavy (non-hydrogen) atoms. The van der Waals surface area contributed by atoms with Gasteiger partial charge in [-0.3, -0.25) is 9.36 Å². The fourth-order valence-corrected chi connectivity index (χ4v) is 2.67. The number of aryl methyl sites for hydroxylation is 1. The molecule has 106 valence electrons. The van der Waals surface area contributed by atoms with Gasteiger partial charge in [0.2, 0.25) is 0 Å². The number of para-hydroxylation sites is 1. The van der Waals surface area contributed by atoms with Crippen molar-refractivity contribution in [1.29, 1.82) is 0 Å². The summed E-state index contributed by atoms with van der Waals surface area (Å²) < 4.78 is 6.82. The number of hydrogen-bond acceptors (Lipinski definition) is 4. The van der Waals surface area contributed by atoms with Crippen LogP contribution in [0.5, 0.6) is 5.75 Å². The minimum Gasteiger partial charge on any atom is -0.425 e. The van der Waals surface area contributed by atoms with E-state index >= 15 is 0 Å². The Balaban J connectivity index is 2.15. The molecule has 0 aliphatic carbocycles. The second-order valence-electron chi connectivity index (χ2n) is 4.90. The van der Waals surface area contributed by atoms with Crippen LogP contribution in [-0.4, -0.2) is 10.5 Å². The third kappa shape index (κ3) is 3.17. The van der Waals surface area contributed by atoms with E-state index in [2.05, 4.69) is 0 Å². The molecule has 0 unspecified atom stereocenters. The van der Waals surface area contributed by atoms with Crippen LogP contribution in [0.4, 0.5) is 0 Å². The zero-order chi connectivity index (χ0) is 14.7. The quantitative estimate of drug-likeness (QED) is 0.643. The van der Waals surface area contributed by atoms with Gasteiger partial charge in [0.15, 0.2) is 0 Å². The van der Waals surface area contributed by atoms with Crippen LogP contribution in [0.1, 0.15) is 31.0 Å². The summed E-state index contributed by atoms with van der Waals surface area (Å²) in [5.41, 5.74) is 1.75. The number of carbonyl (C=O) groups is 1. The second kappa shape index (κ2) is 6.05. The largest absolute Gasteiger partial charge is 0.425 e. The molecular formula is C15H17NO3S. The topological polar surface area (TPSA) is 48.3 Å². The molecule has 0 fully saturated rings. The Bertz CT molecular complexity index is 670. The molecule has 0 aliphatic rings. The highest BCUT2D eigenvalue weighted by Crippen LogP contribution is 2.25. The molecule has 0 aliphatic heterocycles. The first-order chi connectivity index (χ1) is 9.49. The first kappa shape index (κ1) is 14.5. The number of aromatic nitrogens is 1. The standard InChI is InChI=1S/C15H17NO3S/c1-10(2)12-6-4-5-7-13(12)19-14(17)8-16-11(3)9-20-15(16)18/h4-7,9-10H,8H2,1-3H3. The fourth-order valence-electron chi connectivity index (χ4n) is 1.93. The molecule has 4 nitrogen and oxygen atoms in total. The van der Waals surface area contributed by atoms with Crippen molar-refractivity contribution in [2.45, 2.75) is 33.2 Å². The lowest BCUT2D eigenvalue weighted by molar-refractivity contribution is -0.135. The van der Waals surface area contributed by atoms with E-state index in [1.54, 1.807) is 18.4 Å². The smallest absolute Gasteiger partial charge is 0.331 e. The Morgan fingerprint density at radius 2 is 2.05 bits per heavy atom. The summed E-state index contributed by atoms with van der Waals surface area (Å²) >= 11 is 1.09. The summed E-state index contributed by atoms with van der Waals surface area (Å²) in [6.45, 7) is 5.83. The van der Waals surface area contributed by atoms with Crippen molar-refractivity contribution in [3.05, 3.63) is 50.6 Å². The molecular weight excluding hydrogens is 274 g/mol. The molecule has 1 aromatic heterocycles. The van der Waals surface area contributed by atoms with E-state index in [-0.39, 0.29) is 17.3 Å². The number of nitrogens with zero attached hydrogens (tertiary/aromatic N) is 1. The van der Waals surface area contributed by atoms with E-state index in [1.165, 1.54) is 4.57 Å². The molecule has 0 amide bonds. The molecule has 0 radical (unpaired) electrons. The zero-order valence-corrected chi connectivity index (χ0v) is 12.6. The summed E-state index contributed by atoms with van der Waals surface area (Å²) in [5, 5.41) is 1.73. The van der Waals surface area contributed by atoms with Gasteiger partial charge in [-0.05, 0) is 24.5 Å². The Morgan fingerprint density at radius 1 is 1.35 bits per heavy atom. The van der Waals surface area contributed by atoms with Crippen molar-refractivity contribution in [3.63, 3.8) is 0 Å². The number of hydrogen-bond donors (Lipinski definition) is 0. The van der Waals surface area contributed by atoms with Gasteiger partial charge in [-0.15, -0.1) is 0 Å². The maximum Gasteiger partial charge on any atom is 0.331 e. The summed E-state index contributed by atoms with van der Waals surface area (Å²) in [5.74, 6) is 0.403. The third-order valence-corrected chi connectivity index (χ3v) is 3.91. The van der Waals surface area contributed by atoms with Gasteiger partial charge in [-0.2, -0.15) is 0 Å².